The minimum atomic E-state index is -0.355. The molecule has 1 unspecified atom stereocenters. The van der Waals surface area contributed by atoms with Gasteiger partial charge in [-0.15, -0.1) is 12.4 Å². The average molecular weight is 558 g/mol. The molecule has 1 aliphatic heterocycles. The van der Waals surface area contributed by atoms with Crippen LogP contribution < -0.4 is 14.8 Å². The zero-order valence-electron chi connectivity index (χ0n) is 22.8. The number of nitrogens with one attached hydrogen (secondary N) is 1. The highest BCUT2D eigenvalue weighted by Crippen LogP contribution is 2.33. The quantitative estimate of drug-likeness (QED) is 0.203. The number of carbonyl (C=O) groups excluding carboxylic acids is 1. The summed E-state index contributed by atoms with van der Waals surface area (Å²) in [6, 6.07) is 33.3. The first-order valence-electron chi connectivity index (χ1n) is 13.6. The molecule has 0 amide bonds. The molecule has 4 aromatic carbocycles. The fourth-order valence-electron chi connectivity index (χ4n) is 4.98. The lowest BCUT2D eigenvalue weighted by atomic mass is 9.98. The second-order valence-electron chi connectivity index (χ2n) is 9.84. The molecule has 1 N–H and O–H groups in total. The van der Waals surface area contributed by atoms with E-state index in [1.807, 2.05) is 18.2 Å². The van der Waals surface area contributed by atoms with Crippen molar-refractivity contribution in [2.45, 2.75) is 38.3 Å². The van der Waals surface area contributed by atoms with Gasteiger partial charge in [0.05, 0.1) is 19.3 Å². The zero-order chi connectivity index (χ0) is 26.9. The van der Waals surface area contributed by atoms with E-state index in [2.05, 4.69) is 72.0 Å². The van der Waals surface area contributed by atoms with Gasteiger partial charge in [0, 0.05) is 18.0 Å². The summed E-state index contributed by atoms with van der Waals surface area (Å²) in [4.78, 5) is 11.9. The van der Waals surface area contributed by atoms with Gasteiger partial charge in [0.15, 0.2) is 0 Å². The molecule has 0 aliphatic carbocycles. The van der Waals surface area contributed by atoms with E-state index in [9.17, 15) is 4.79 Å². The molecule has 0 radical (unpaired) electrons. The van der Waals surface area contributed by atoms with Crippen molar-refractivity contribution in [3.8, 4) is 11.5 Å². The Labute approximate surface area is 242 Å². The van der Waals surface area contributed by atoms with Gasteiger partial charge < -0.3 is 19.5 Å². The Bertz CT molecular complexity index is 1370. The topological polar surface area (TPSA) is 56.8 Å². The number of para-hydroxylation sites is 1. The number of fused-ring (bicyclic) bond motifs is 1. The van der Waals surface area contributed by atoms with Crippen molar-refractivity contribution in [3.63, 3.8) is 0 Å². The molecule has 1 aliphatic rings. The Kier molecular flexibility index (Phi) is 10.6. The number of esters is 1. The molecule has 0 saturated heterocycles. The highest BCUT2D eigenvalue weighted by atomic mass is 35.5. The molecule has 6 heteroatoms. The van der Waals surface area contributed by atoms with Crippen LogP contribution in [0.5, 0.6) is 11.5 Å². The summed E-state index contributed by atoms with van der Waals surface area (Å²) in [5, 5.41) is 3.67. The third-order valence-electron chi connectivity index (χ3n) is 7.19. The van der Waals surface area contributed by atoms with E-state index < -0.39 is 0 Å². The molecule has 40 heavy (non-hydrogen) atoms. The van der Waals surface area contributed by atoms with Crippen molar-refractivity contribution in [1.82, 2.24) is 5.32 Å². The second-order valence-corrected chi connectivity index (χ2v) is 9.84. The highest BCUT2D eigenvalue weighted by Gasteiger charge is 2.22. The second kappa shape index (κ2) is 14.5. The first-order chi connectivity index (χ1) is 19.2. The van der Waals surface area contributed by atoms with E-state index in [0.717, 1.165) is 54.9 Å². The number of ether oxygens (including phenoxy) is 3. The minimum absolute atomic E-state index is 0. The third kappa shape index (κ3) is 7.65. The summed E-state index contributed by atoms with van der Waals surface area (Å²) in [5.74, 6) is 1.31. The van der Waals surface area contributed by atoms with E-state index >= 15 is 0 Å². The fourth-order valence-corrected chi connectivity index (χ4v) is 4.98. The third-order valence-corrected chi connectivity index (χ3v) is 7.19. The standard InChI is InChI=1S/C34H35NO4.ClH/c1-37-34(36)29-17-18-30-31(20-22-38-33(30)23-29)35-21-19-28-9-5-6-10-32(28)39-24-27-15-13-26(14-16-27)12-11-25-7-3-2-4-8-25;/h2-10,13-18,23,31,35H,11-12,19-22,24H2,1H3;1H. The molecule has 4 aromatic rings. The Hall–Kier alpha value is -3.80. The molecule has 0 aromatic heterocycles. The van der Waals surface area contributed by atoms with Crippen LogP contribution >= 0.6 is 12.4 Å². The number of halogens is 1. The van der Waals surface area contributed by atoms with Gasteiger partial charge in [-0.2, -0.15) is 0 Å². The zero-order valence-corrected chi connectivity index (χ0v) is 23.6. The maximum absolute atomic E-state index is 11.9. The van der Waals surface area contributed by atoms with Crippen LogP contribution in [0.3, 0.4) is 0 Å². The van der Waals surface area contributed by atoms with Crippen molar-refractivity contribution in [3.05, 3.63) is 130 Å². The number of methoxy groups -OCH3 is 1. The van der Waals surface area contributed by atoms with Gasteiger partial charge in [0.2, 0.25) is 0 Å². The van der Waals surface area contributed by atoms with Crippen LogP contribution in [0, 0.1) is 0 Å². The van der Waals surface area contributed by atoms with E-state index in [4.69, 9.17) is 14.2 Å². The maximum Gasteiger partial charge on any atom is 0.337 e. The van der Waals surface area contributed by atoms with Gasteiger partial charge >= 0.3 is 5.97 Å². The number of hydrogen-bond donors (Lipinski definition) is 1. The van der Waals surface area contributed by atoms with Gasteiger partial charge in [-0.05, 0) is 66.3 Å². The van der Waals surface area contributed by atoms with Crippen LogP contribution in [0.2, 0.25) is 0 Å². The summed E-state index contributed by atoms with van der Waals surface area (Å²) in [6.07, 6.45) is 3.81. The smallest absolute Gasteiger partial charge is 0.337 e. The largest absolute Gasteiger partial charge is 0.493 e. The predicted molar refractivity (Wildman–Crippen MR) is 161 cm³/mol. The minimum Gasteiger partial charge on any atom is -0.493 e. The van der Waals surface area contributed by atoms with Crippen LogP contribution in [-0.2, 0) is 30.6 Å². The summed E-state index contributed by atoms with van der Waals surface area (Å²) in [7, 11) is 1.39. The van der Waals surface area contributed by atoms with Crippen molar-refractivity contribution in [2.75, 3.05) is 20.3 Å². The molecular weight excluding hydrogens is 522 g/mol. The molecule has 1 atom stereocenters. The van der Waals surface area contributed by atoms with Gasteiger partial charge in [-0.1, -0.05) is 78.9 Å². The predicted octanol–water partition coefficient (Wildman–Crippen LogP) is 6.92. The van der Waals surface area contributed by atoms with E-state index in [1.165, 1.54) is 23.8 Å². The van der Waals surface area contributed by atoms with Crippen LogP contribution in [-0.4, -0.2) is 26.2 Å². The lowest BCUT2D eigenvalue weighted by Gasteiger charge is -2.27. The molecule has 1 heterocycles. The number of rotatable bonds is 11. The lowest BCUT2D eigenvalue weighted by Crippen LogP contribution is -2.29. The van der Waals surface area contributed by atoms with E-state index in [-0.39, 0.29) is 24.4 Å². The summed E-state index contributed by atoms with van der Waals surface area (Å²) in [5.41, 5.74) is 6.62. The molecule has 0 saturated carbocycles. The van der Waals surface area contributed by atoms with Crippen LogP contribution in [0.4, 0.5) is 0 Å². The summed E-state index contributed by atoms with van der Waals surface area (Å²) in [6.45, 7) is 1.96. The average Bonchev–Trinajstić information content (AvgIpc) is 3.00. The Morgan fingerprint density at radius 1 is 0.850 bits per heavy atom. The highest BCUT2D eigenvalue weighted by molar-refractivity contribution is 5.90. The Morgan fingerprint density at radius 2 is 1.55 bits per heavy atom. The van der Waals surface area contributed by atoms with Crippen molar-refractivity contribution >= 4 is 18.4 Å². The van der Waals surface area contributed by atoms with E-state index in [0.29, 0.717) is 18.8 Å². The number of aryl methyl sites for hydroxylation is 2. The van der Waals surface area contributed by atoms with Gasteiger partial charge in [0.25, 0.3) is 0 Å². The van der Waals surface area contributed by atoms with Crippen molar-refractivity contribution in [1.29, 1.82) is 0 Å². The van der Waals surface area contributed by atoms with Crippen LogP contribution in [0.1, 0.15) is 50.6 Å². The van der Waals surface area contributed by atoms with Gasteiger partial charge in [0.1, 0.15) is 18.1 Å². The molecule has 0 fully saturated rings. The monoisotopic (exact) mass is 557 g/mol. The Balaban J connectivity index is 0.00000370. The van der Waals surface area contributed by atoms with Crippen molar-refractivity contribution < 1.29 is 19.0 Å². The number of benzene rings is 4. The molecule has 5 nitrogen and oxygen atoms in total. The first kappa shape index (κ1) is 29.2. The van der Waals surface area contributed by atoms with E-state index in [1.54, 1.807) is 12.1 Å². The molecule has 0 bridgehead atoms. The normalized spacial score (nSPS) is 13.9. The van der Waals surface area contributed by atoms with Crippen LogP contribution in [0.25, 0.3) is 0 Å². The van der Waals surface area contributed by atoms with Crippen molar-refractivity contribution in [2.24, 2.45) is 0 Å². The molecule has 0 spiro atoms. The molecule has 208 valence electrons. The van der Waals surface area contributed by atoms with Gasteiger partial charge in [-0.25, -0.2) is 4.79 Å². The Morgan fingerprint density at radius 3 is 2.33 bits per heavy atom. The molecular formula is C34H36ClNO4. The number of carbonyl (C=O) groups is 1. The lowest BCUT2D eigenvalue weighted by molar-refractivity contribution is 0.0600. The van der Waals surface area contributed by atoms with Crippen LogP contribution in [0.15, 0.2) is 97.1 Å². The summed E-state index contributed by atoms with van der Waals surface area (Å²) < 4.78 is 16.9. The maximum atomic E-state index is 11.9. The SMILES string of the molecule is COC(=O)c1ccc2c(c1)OCCC2NCCc1ccccc1OCc1ccc(CCc2ccccc2)cc1.Cl. The van der Waals surface area contributed by atoms with Gasteiger partial charge in [-0.3, -0.25) is 0 Å². The fraction of sp³-hybridized carbons (Fsp3) is 0.265. The molecule has 5 rings (SSSR count). The number of hydrogen-bond acceptors (Lipinski definition) is 5. The first-order valence-corrected chi connectivity index (χ1v) is 13.6. The summed E-state index contributed by atoms with van der Waals surface area (Å²) >= 11 is 0.